The van der Waals surface area contributed by atoms with E-state index < -0.39 is 15.9 Å². The van der Waals surface area contributed by atoms with Gasteiger partial charge >= 0.3 is 0 Å². The summed E-state index contributed by atoms with van der Waals surface area (Å²) in [5, 5.41) is 2.93. The quantitative estimate of drug-likeness (QED) is 0.287. The third-order valence-corrected chi connectivity index (χ3v) is 8.52. The number of carbonyl (C=O) groups excluding carboxylic acids is 1. The lowest BCUT2D eigenvalue weighted by atomic mass is 10.1. The second kappa shape index (κ2) is 11.0. The van der Waals surface area contributed by atoms with E-state index in [4.69, 9.17) is 0 Å². The topological polar surface area (TPSA) is 66.5 Å². The van der Waals surface area contributed by atoms with Crippen molar-refractivity contribution in [2.45, 2.75) is 35.5 Å². The van der Waals surface area contributed by atoms with Crippen molar-refractivity contribution in [3.63, 3.8) is 0 Å². The lowest BCUT2D eigenvalue weighted by molar-refractivity contribution is -0.114. The smallest absolute Gasteiger partial charge is 0.264 e. The Morgan fingerprint density at radius 1 is 0.806 bits per heavy atom. The predicted molar refractivity (Wildman–Crippen MR) is 147 cm³/mol. The number of rotatable bonds is 8. The van der Waals surface area contributed by atoms with Crippen LogP contribution in [0.1, 0.15) is 16.7 Å². The molecule has 0 aromatic heterocycles. The molecule has 0 saturated carbocycles. The zero-order valence-corrected chi connectivity index (χ0v) is 22.1. The van der Waals surface area contributed by atoms with E-state index in [1.807, 2.05) is 87.5 Å². The maximum Gasteiger partial charge on any atom is 0.264 e. The first-order valence-electron chi connectivity index (χ1n) is 11.5. The zero-order valence-electron chi connectivity index (χ0n) is 20.4. The molecule has 36 heavy (non-hydrogen) atoms. The molecule has 0 bridgehead atoms. The van der Waals surface area contributed by atoms with Crippen molar-refractivity contribution in [2.75, 3.05) is 16.2 Å². The zero-order chi connectivity index (χ0) is 25.7. The Morgan fingerprint density at radius 3 is 2.17 bits per heavy atom. The van der Waals surface area contributed by atoms with Gasteiger partial charge in [-0.1, -0.05) is 71.9 Å². The third kappa shape index (κ3) is 5.98. The first-order chi connectivity index (χ1) is 17.2. The van der Waals surface area contributed by atoms with Crippen LogP contribution in [0.4, 0.5) is 11.4 Å². The minimum absolute atomic E-state index is 0.141. The first-order valence-corrected chi connectivity index (χ1v) is 13.8. The van der Waals surface area contributed by atoms with E-state index in [0.717, 1.165) is 26.5 Å². The molecule has 5 nitrogen and oxygen atoms in total. The maximum atomic E-state index is 13.7. The van der Waals surface area contributed by atoms with E-state index in [-0.39, 0.29) is 11.4 Å². The number of carbonyl (C=O) groups is 1. The molecule has 0 radical (unpaired) electrons. The lowest BCUT2D eigenvalue weighted by Gasteiger charge is -2.26. The Labute approximate surface area is 217 Å². The van der Waals surface area contributed by atoms with E-state index in [1.165, 1.54) is 16.1 Å². The van der Waals surface area contributed by atoms with Crippen LogP contribution in [-0.2, 0) is 14.8 Å². The summed E-state index contributed by atoms with van der Waals surface area (Å²) < 4.78 is 28.7. The van der Waals surface area contributed by atoms with Crippen molar-refractivity contribution >= 4 is 39.1 Å². The van der Waals surface area contributed by atoms with Gasteiger partial charge in [0.05, 0.1) is 16.3 Å². The second-order valence-corrected chi connectivity index (χ2v) is 11.6. The van der Waals surface area contributed by atoms with E-state index >= 15 is 0 Å². The van der Waals surface area contributed by atoms with Gasteiger partial charge in [-0.15, -0.1) is 0 Å². The summed E-state index contributed by atoms with van der Waals surface area (Å²) in [4.78, 5) is 15.4. The minimum Gasteiger partial charge on any atom is -0.323 e. The molecule has 0 saturated heterocycles. The Morgan fingerprint density at radius 2 is 1.44 bits per heavy atom. The number of sulfonamides is 1. The molecular formula is C29H28N2O3S2. The van der Waals surface area contributed by atoms with Gasteiger partial charge in [-0.3, -0.25) is 9.10 Å². The minimum atomic E-state index is -3.99. The molecule has 7 heteroatoms. The molecule has 0 aliphatic carbocycles. The fourth-order valence-corrected chi connectivity index (χ4v) is 6.12. The van der Waals surface area contributed by atoms with Crippen LogP contribution in [-0.4, -0.2) is 20.9 Å². The number of benzene rings is 4. The second-order valence-electron chi connectivity index (χ2n) is 8.57. The summed E-state index contributed by atoms with van der Waals surface area (Å²) in [6.45, 7) is 5.29. The highest BCUT2D eigenvalue weighted by Gasteiger charge is 2.28. The summed E-state index contributed by atoms with van der Waals surface area (Å²) in [5.74, 6) is -0.423. The molecule has 1 amide bonds. The number of hydrogen-bond acceptors (Lipinski definition) is 4. The van der Waals surface area contributed by atoms with Crippen molar-refractivity contribution in [3.8, 4) is 0 Å². The molecule has 0 aliphatic heterocycles. The molecule has 0 fully saturated rings. The van der Waals surface area contributed by atoms with Crippen LogP contribution in [0.15, 0.2) is 112 Å². The van der Waals surface area contributed by atoms with Crippen molar-refractivity contribution in [1.29, 1.82) is 0 Å². The fraction of sp³-hybridized carbons (Fsp3) is 0.138. The number of para-hydroxylation sites is 1. The predicted octanol–water partition coefficient (Wildman–Crippen LogP) is 6.60. The number of aryl methyl sites for hydroxylation is 3. The van der Waals surface area contributed by atoms with Gasteiger partial charge in [-0.2, -0.15) is 0 Å². The molecule has 4 aromatic rings. The SMILES string of the molecule is Cc1ccc(S(=O)(=O)N(CC(=O)Nc2ccccc2Sc2ccccc2)c2cc(C)ccc2C)cc1. The van der Waals surface area contributed by atoms with E-state index in [1.54, 1.807) is 30.3 Å². The summed E-state index contributed by atoms with van der Waals surface area (Å²) in [6.07, 6.45) is 0. The largest absolute Gasteiger partial charge is 0.323 e. The van der Waals surface area contributed by atoms with Gasteiger partial charge in [0, 0.05) is 9.79 Å². The molecule has 0 spiro atoms. The van der Waals surface area contributed by atoms with Gasteiger partial charge in [0.1, 0.15) is 6.54 Å². The number of anilines is 2. The van der Waals surface area contributed by atoms with Crippen molar-refractivity contribution in [2.24, 2.45) is 0 Å². The maximum absolute atomic E-state index is 13.7. The normalized spacial score (nSPS) is 11.2. The summed E-state index contributed by atoms with van der Waals surface area (Å²) >= 11 is 1.53. The fourth-order valence-electron chi connectivity index (χ4n) is 3.72. The monoisotopic (exact) mass is 516 g/mol. The van der Waals surface area contributed by atoms with Crippen LogP contribution >= 0.6 is 11.8 Å². The van der Waals surface area contributed by atoms with Crippen LogP contribution in [0.3, 0.4) is 0 Å². The Kier molecular flexibility index (Phi) is 7.82. The molecule has 0 aliphatic rings. The van der Waals surface area contributed by atoms with Gasteiger partial charge in [-0.05, 0) is 74.4 Å². The molecule has 4 rings (SSSR count). The van der Waals surface area contributed by atoms with E-state index in [2.05, 4.69) is 5.32 Å². The van der Waals surface area contributed by atoms with Crippen LogP contribution < -0.4 is 9.62 Å². The average Bonchev–Trinajstić information content (AvgIpc) is 2.86. The van der Waals surface area contributed by atoms with Crippen molar-refractivity contribution in [1.82, 2.24) is 0 Å². The van der Waals surface area contributed by atoms with Crippen LogP contribution in [0.25, 0.3) is 0 Å². The number of hydrogen-bond donors (Lipinski definition) is 1. The van der Waals surface area contributed by atoms with E-state index in [0.29, 0.717) is 11.4 Å². The third-order valence-electron chi connectivity index (χ3n) is 5.66. The Balaban J connectivity index is 1.65. The van der Waals surface area contributed by atoms with Crippen LogP contribution in [0.2, 0.25) is 0 Å². The Hall–Kier alpha value is -3.55. The molecule has 0 heterocycles. The van der Waals surface area contributed by atoms with Crippen molar-refractivity contribution < 1.29 is 13.2 Å². The first kappa shape index (κ1) is 25.5. The summed E-state index contributed by atoms with van der Waals surface area (Å²) in [6, 6.07) is 29.6. The highest BCUT2D eigenvalue weighted by molar-refractivity contribution is 7.99. The lowest BCUT2D eigenvalue weighted by Crippen LogP contribution is -2.38. The molecule has 1 N–H and O–H groups in total. The van der Waals surface area contributed by atoms with Gasteiger partial charge in [0.15, 0.2) is 0 Å². The highest BCUT2D eigenvalue weighted by Crippen LogP contribution is 2.33. The summed E-state index contributed by atoms with van der Waals surface area (Å²) in [7, 11) is -3.99. The molecular weight excluding hydrogens is 488 g/mol. The molecule has 4 aromatic carbocycles. The van der Waals surface area contributed by atoms with E-state index in [9.17, 15) is 13.2 Å². The van der Waals surface area contributed by atoms with Crippen molar-refractivity contribution in [3.05, 3.63) is 114 Å². The molecule has 0 unspecified atom stereocenters. The van der Waals surface area contributed by atoms with Gasteiger partial charge in [0.2, 0.25) is 5.91 Å². The molecule has 0 atom stereocenters. The van der Waals surface area contributed by atoms with Gasteiger partial charge in [0.25, 0.3) is 10.0 Å². The van der Waals surface area contributed by atoms with Gasteiger partial charge < -0.3 is 5.32 Å². The number of nitrogens with zero attached hydrogens (tertiary/aromatic N) is 1. The standard InChI is InChI=1S/C29H28N2O3S2/c1-21-14-17-25(18-15-21)36(33,34)31(27-19-22(2)13-16-23(27)3)20-29(32)30-26-11-7-8-12-28(26)35-24-9-5-4-6-10-24/h4-19H,20H2,1-3H3,(H,30,32). The molecule has 184 valence electrons. The highest BCUT2D eigenvalue weighted by atomic mass is 32.2. The number of nitrogens with one attached hydrogen (secondary N) is 1. The van der Waals surface area contributed by atoms with Gasteiger partial charge in [-0.25, -0.2) is 8.42 Å². The summed E-state index contributed by atoms with van der Waals surface area (Å²) in [5.41, 5.74) is 3.74. The van der Waals surface area contributed by atoms with Crippen LogP contribution in [0, 0.1) is 20.8 Å². The number of amides is 1. The van der Waals surface area contributed by atoms with Crippen LogP contribution in [0.5, 0.6) is 0 Å². The average molecular weight is 517 g/mol. The Bertz CT molecular complexity index is 1470.